The van der Waals surface area contributed by atoms with Crippen LogP contribution in [0.25, 0.3) is 11.1 Å². The van der Waals surface area contributed by atoms with Crippen LogP contribution in [-0.2, 0) is 5.41 Å². The molecule has 6 rings (SSSR count). The van der Waals surface area contributed by atoms with Gasteiger partial charge in [0.05, 0.1) is 11.1 Å². The second-order valence-corrected chi connectivity index (χ2v) is 9.80. The van der Waals surface area contributed by atoms with E-state index in [2.05, 4.69) is 133 Å². The highest BCUT2D eigenvalue weighted by Gasteiger charge is 2.38. The molecule has 2 heteroatoms. The van der Waals surface area contributed by atoms with Gasteiger partial charge in [-0.2, -0.15) is 0 Å². The van der Waals surface area contributed by atoms with Crippen molar-refractivity contribution in [3.05, 3.63) is 198 Å². The van der Waals surface area contributed by atoms with Gasteiger partial charge >= 0.3 is 0 Å². The van der Waals surface area contributed by atoms with Gasteiger partial charge in [0, 0.05) is 5.56 Å². The third kappa shape index (κ3) is 4.72. The van der Waals surface area contributed by atoms with Gasteiger partial charge in [-0.15, -0.1) is 0 Å². The van der Waals surface area contributed by atoms with E-state index < -0.39 is 5.41 Å². The number of rotatable bonds is 7. The SMILES string of the molecule is NC(=Nc1ccc(C(c2ccccc2)(c2ccccc2)c2ccccc2)cc1)c1ccccc1-c1ccccc1. The molecule has 0 saturated carbocycles. The molecule has 0 fully saturated rings. The number of hydrogen-bond acceptors (Lipinski definition) is 1. The van der Waals surface area contributed by atoms with Crippen LogP contribution in [0.5, 0.6) is 0 Å². The lowest BCUT2D eigenvalue weighted by Gasteiger charge is -2.36. The van der Waals surface area contributed by atoms with Crippen molar-refractivity contribution in [2.24, 2.45) is 10.7 Å². The van der Waals surface area contributed by atoms with E-state index in [0.717, 1.165) is 22.4 Å². The molecular weight excluding hydrogens is 484 g/mol. The molecular formula is C38H30N2. The van der Waals surface area contributed by atoms with Crippen LogP contribution in [0.2, 0.25) is 0 Å². The highest BCUT2D eigenvalue weighted by atomic mass is 14.9. The second kappa shape index (κ2) is 11.3. The average molecular weight is 515 g/mol. The Balaban J connectivity index is 1.47. The number of nitrogens with zero attached hydrogens (tertiary/aromatic N) is 1. The standard InChI is InChI=1S/C38H30N2/c39-37(36-24-14-13-23-35(36)29-15-5-1-6-16-29)40-34-27-25-33(26-28-34)38(30-17-7-2-8-18-30,31-19-9-3-10-20-31)32-21-11-4-12-22-32/h1-28H,(H2,39,40). The smallest absolute Gasteiger partial charge is 0.131 e. The highest BCUT2D eigenvalue weighted by molar-refractivity contribution is 6.04. The third-order valence-electron chi connectivity index (χ3n) is 7.46. The van der Waals surface area contributed by atoms with Crippen LogP contribution in [0.1, 0.15) is 27.8 Å². The molecule has 40 heavy (non-hydrogen) atoms. The van der Waals surface area contributed by atoms with Gasteiger partial charge in [0.15, 0.2) is 0 Å². The Hall–Kier alpha value is -5.21. The fraction of sp³-hybridized carbons (Fsp3) is 0.0263. The lowest BCUT2D eigenvalue weighted by Crippen LogP contribution is -2.30. The first kappa shape index (κ1) is 25.1. The van der Waals surface area contributed by atoms with E-state index in [1.165, 1.54) is 22.3 Å². The van der Waals surface area contributed by atoms with Crippen molar-refractivity contribution in [3.8, 4) is 11.1 Å². The molecule has 0 amide bonds. The van der Waals surface area contributed by atoms with E-state index >= 15 is 0 Å². The summed E-state index contributed by atoms with van der Waals surface area (Å²) >= 11 is 0. The van der Waals surface area contributed by atoms with E-state index in [-0.39, 0.29) is 0 Å². The maximum absolute atomic E-state index is 6.61. The lowest BCUT2D eigenvalue weighted by atomic mass is 9.65. The van der Waals surface area contributed by atoms with Crippen molar-refractivity contribution in [3.63, 3.8) is 0 Å². The van der Waals surface area contributed by atoms with Gasteiger partial charge in [-0.05, 0) is 45.5 Å². The van der Waals surface area contributed by atoms with Crippen LogP contribution in [0.4, 0.5) is 5.69 Å². The summed E-state index contributed by atoms with van der Waals surface area (Å²) < 4.78 is 0. The molecule has 0 bridgehead atoms. The van der Waals surface area contributed by atoms with Gasteiger partial charge in [0.1, 0.15) is 5.84 Å². The third-order valence-corrected chi connectivity index (χ3v) is 7.46. The Morgan fingerprint density at radius 1 is 0.425 bits per heavy atom. The van der Waals surface area contributed by atoms with E-state index in [9.17, 15) is 0 Å². The first-order valence-electron chi connectivity index (χ1n) is 13.5. The van der Waals surface area contributed by atoms with Crippen LogP contribution in [0.15, 0.2) is 175 Å². The van der Waals surface area contributed by atoms with Crippen LogP contribution in [-0.4, -0.2) is 5.84 Å². The molecule has 0 aliphatic carbocycles. The minimum atomic E-state index is -0.489. The lowest BCUT2D eigenvalue weighted by molar-refractivity contribution is 0.745. The van der Waals surface area contributed by atoms with Crippen LogP contribution >= 0.6 is 0 Å². The Morgan fingerprint density at radius 3 is 1.32 bits per heavy atom. The van der Waals surface area contributed by atoms with Crippen molar-refractivity contribution in [1.29, 1.82) is 0 Å². The molecule has 6 aromatic carbocycles. The van der Waals surface area contributed by atoms with Crippen molar-refractivity contribution < 1.29 is 0 Å². The molecule has 0 saturated heterocycles. The predicted molar refractivity (Wildman–Crippen MR) is 167 cm³/mol. The zero-order valence-electron chi connectivity index (χ0n) is 22.2. The summed E-state index contributed by atoms with van der Waals surface area (Å²) in [6, 6.07) is 59.1. The van der Waals surface area contributed by atoms with Crippen molar-refractivity contribution in [1.82, 2.24) is 0 Å². The normalized spacial score (nSPS) is 11.8. The summed E-state index contributed by atoms with van der Waals surface area (Å²) in [5.41, 5.74) is 14.8. The molecule has 0 aliphatic rings. The quantitative estimate of drug-likeness (QED) is 0.129. The Morgan fingerprint density at radius 2 is 0.825 bits per heavy atom. The van der Waals surface area contributed by atoms with Crippen LogP contribution < -0.4 is 5.73 Å². The zero-order valence-corrected chi connectivity index (χ0v) is 22.2. The Labute approximate surface area is 236 Å². The fourth-order valence-electron chi connectivity index (χ4n) is 5.63. The van der Waals surface area contributed by atoms with Crippen LogP contribution in [0.3, 0.4) is 0 Å². The molecule has 0 spiro atoms. The molecule has 2 nitrogen and oxygen atoms in total. The van der Waals surface area contributed by atoms with E-state index in [1.807, 2.05) is 36.4 Å². The summed E-state index contributed by atoms with van der Waals surface area (Å²) in [6.45, 7) is 0. The van der Waals surface area contributed by atoms with E-state index in [4.69, 9.17) is 10.7 Å². The topological polar surface area (TPSA) is 38.4 Å². The van der Waals surface area contributed by atoms with Crippen LogP contribution in [0, 0.1) is 0 Å². The monoisotopic (exact) mass is 514 g/mol. The maximum Gasteiger partial charge on any atom is 0.131 e. The number of amidine groups is 1. The van der Waals surface area contributed by atoms with E-state index in [1.54, 1.807) is 0 Å². The molecule has 6 aromatic rings. The van der Waals surface area contributed by atoms with Crippen molar-refractivity contribution >= 4 is 11.5 Å². The zero-order chi connectivity index (χ0) is 27.2. The molecule has 0 heterocycles. The Bertz CT molecular complexity index is 1610. The van der Waals surface area contributed by atoms with Gasteiger partial charge in [0.2, 0.25) is 0 Å². The van der Waals surface area contributed by atoms with E-state index in [0.29, 0.717) is 5.84 Å². The maximum atomic E-state index is 6.61. The van der Waals surface area contributed by atoms with Gasteiger partial charge in [0.25, 0.3) is 0 Å². The van der Waals surface area contributed by atoms with Crippen molar-refractivity contribution in [2.75, 3.05) is 0 Å². The highest BCUT2D eigenvalue weighted by Crippen LogP contribution is 2.45. The number of nitrogens with two attached hydrogens (primary N) is 1. The molecule has 0 radical (unpaired) electrons. The number of aliphatic imine (C=N–C) groups is 1. The summed E-state index contributed by atoms with van der Waals surface area (Å²) in [5.74, 6) is 0.493. The largest absolute Gasteiger partial charge is 0.383 e. The average Bonchev–Trinajstić information content (AvgIpc) is 3.04. The first-order chi connectivity index (χ1) is 19.8. The second-order valence-electron chi connectivity index (χ2n) is 9.80. The summed E-state index contributed by atoms with van der Waals surface area (Å²) in [5, 5.41) is 0. The molecule has 0 atom stereocenters. The minimum Gasteiger partial charge on any atom is -0.383 e. The van der Waals surface area contributed by atoms with Gasteiger partial charge < -0.3 is 5.73 Å². The number of benzene rings is 6. The molecule has 2 N–H and O–H groups in total. The predicted octanol–water partition coefficient (Wildman–Crippen LogP) is 8.77. The summed E-state index contributed by atoms with van der Waals surface area (Å²) in [7, 11) is 0. The first-order valence-corrected chi connectivity index (χ1v) is 13.5. The molecule has 192 valence electrons. The summed E-state index contributed by atoms with van der Waals surface area (Å²) in [4.78, 5) is 4.85. The fourth-order valence-corrected chi connectivity index (χ4v) is 5.63. The van der Waals surface area contributed by atoms with Crippen molar-refractivity contribution in [2.45, 2.75) is 5.41 Å². The molecule has 0 aromatic heterocycles. The molecule has 0 aliphatic heterocycles. The van der Waals surface area contributed by atoms with Gasteiger partial charge in [-0.3, -0.25) is 0 Å². The van der Waals surface area contributed by atoms with Gasteiger partial charge in [-0.25, -0.2) is 4.99 Å². The number of hydrogen-bond donors (Lipinski definition) is 1. The van der Waals surface area contributed by atoms with Gasteiger partial charge in [-0.1, -0.05) is 158 Å². The Kier molecular flexibility index (Phi) is 7.07. The molecule has 0 unspecified atom stereocenters. The minimum absolute atomic E-state index is 0.489. The summed E-state index contributed by atoms with van der Waals surface area (Å²) in [6.07, 6.45) is 0.